The summed E-state index contributed by atoms with van der Waals surface area (Å²) < 4.78 is 0. The Labute approximate surface area is 232 Å². The molecule has 0 aliphatic carbocycles. The van der Waals surface area contributed by atoms with Crippen LogP contribution in [0.2, 0.25) is 0 Å². The number of rotatable bonds is 13. The van der Waals surface area contributed by atoms with Crippen molar-refractivity contribution in [1.82, 2.24) is 9.80 Å². The molecule has 2 rings (SSSR count). The summed E-state index contributed by atoms with van der Waals surface area (Å²) in [6, 6.07) is 0. The minimum absolute atomic E-state index is 0.0235. The van der Waals surface area contributed by atoms with Crippen molar-refractivity contribution >= 4 is 5.78 Å². The van der Waals surface area contributed by atoms with Crippen LogP contribution in [0.15, 0.2) is 120 Å². The highest BCUT2D eigenvalue weighted by molar-refractivity contribution is 5.99. The summed E-state index contributed by atoms with van der Waals surface area (Å²) in [6.07, 6.45) is 26.7. The molecule has 0 fully saturated rings. The molecule has 204 valence electrons. The zero-order valence-corrected chi connectivity index (χ0v) is 24.8. The van der Waals surface area contributed by atoms with E-state index in [2.05, 4.69) is 101 Å². The Balaban J connectivity index is 2.23. The number of nitrogens with zero attached hydrogens (tertiary/aromatic N) is 2. The smallest absolute Gasteiger partial charge is 0.178 e. The molecular formula is C35H48N2O. The van der Waals surface area contributed by atoms with E-state index in [9.17, 15) is 4.79 Å². The second kappa shape index (κ2) is 14.6. The summed E-state index contributed by atoms with van der Waals surface area (Å²) in [5.41, 5.74) is 7.51. The topological polar surface area (TPSA) is 23.6 Å². The van der Waals surface area contributed by atoms with Gasteiger partial charge < -0.3 is 9.80 Å². The molecule has 0 amide bonds. The van der Waals surface area contributed by atoms with Crippen LogP contribution in [-0.2, 0) is 4.79 Å². The average Bonchev–Trinajstić information content (AvgIpc) is 3.21. The van der Waals surface area contributed by atoms with E-state index in [1.165, 1.54) is 33.9 Å². The molecule has 3 nitrogen and oxygen atoms in total. The molecule has 0 aromatic carbocycles. The van der Waals surface area contributed by atoms with Crippen LogP contribution >= 0.6 is 0 Å². The van der Waals surface area contributed by atoms with Crippen molar-refractivity contribution in [1.29, 1.82) is 0 Å². The number of ketones is 1. The fourth-order valence-corrected chi connectivity index (χ4v) is 5.03. The molecule has 1 atom stereocenters. The molecule has 2 aliphatic heterocycles. The lowest BCUT2D eigenvalue weighted by molar-refractivity contribution is -0.110. The van der Waals surface area contributed by atoms with Gasteiger partial charge in [0.2, 0.25) is 0 Å². The third-order valence-electron chi connectivity index (χ3n) is 7.63. The Morgan fingerprint density at radius 2 is 1.55 bits per heavy atom. The van der Waals surface area contributed by atoms with E-state index < -0.39 is 0 Å². The fraction of sp³-hybridized carbons (Fsp3) is 0.400. The van der Waals surface area contributed by atoms with Gasteiger partial charge in [0.1, 0.15) is 0 Å². The van der Waals surface area contributed by atoms with Gasteiger partial charge >= 0.3 is 0 Å². The molecule has 0 spiro atoms. The first-order chi connectivity index (χ1) is 18.1. The average molecular weight is 513 g/mol. The maximum atomic E-state index is 12.7. The van der Waals surface area contributed by atoms with E-state index in [0.29, 0.717) is 5.92 Å². The number of hydrogen-bond donors (Lipinski definition) is 0. The van der Waals surface area contributed by atoms with E-state index in [1.807, 2.05) is 31.2 Å². The van der Waals surface area contributed by atoms with Crippen LogP contribution in [0.1, 0.15) is 67.7 Å². The van der Waals surface area contributed by atoms with Crippen molar-refractivity contribution in [3.8, 4) is 0 Å². The Hall–Kier alpha value is -3.33. The molecule has 38 heavy (non-hydrogen) atoms. The standard InChI is InChI=1S/C35H48N2O/c1-10-14-22-31-27(5)28(6)32(36(31)25-15-11-2)23-17-20-30(38)21-18-24-34-35(8,9)29(7)33(19-13-4)37(34)26-16-12-3/h11-14,17-24,28H,2-3,10,15-16,25-26H2,1,4-9H3/b19-13-,20-17+,21-18+,22-14-,32-23+,34-24+. The van der Waals surface area contributed by atoms with Gasteiger partial charge in [0.05, 0.1) is 0 Å². The lowest BCUT2D eigenvalue weighted by Gasteiger charge is -2.28. The van der Waals surface area contributed by atoms with Crippen LogP contribution in [0, 0.1) is 11.3 Å². The highest BCUT2D eigenvalue weighted by atomic mass is 16.1. The number of carbonyl (C=O) groups is 1. The van der Waals surface area contributed by atoms with Crippen LogP contribution in [0.3, 0.4) is 0 Å². The van der Waals surface area contributed by atoms with E-state index in [0.717, 1.165) is 32.4 Å². The van der Waals surface area contributed by atoms with E-state index >= 15 is 0 Å². The Bertz CT molecular complexity index is 1130. The van der Waals surface area contributed by atoms with Gasteiger partial charge in [0.15, 0.2) is 5.78 Å². The van der Waals surface area contributed by atoms with Gasteiger partial charge in [0, 0.05) is 47.2 Å². The minimum atomic E-state index is -0.105. The van der Waals surface area contributed by atoms with Crippen LogP contribution in [-0.4, -0.2) is 28.7 Å². The highest BCUT2D eigenvalue weighted by Gasteiger charge is 2.38. The molecule has 1 unspecified atom stereocenters. The maximum Gasteiger partial charge on any atom is 0.178 e. The SMILES string of the molecule is C=CCCN1C(/C=C\CC)=C(C)C(C)/C1=C\C=C\C(=O)/C=C/C=C1/N(CCC=C)C(/C=C\C)=C(C)C1(C)C. The fourth-order valence-electron chi connectivity index (χ4n) is 5.03. The third-order valence-corrected chi connectivity index (χ3v) is 7.63. The highest BCUT2D eigenvalue weighted by Crippen LogP contribution is 2.47. The normalized spacial score (nSPS) is 22.2. The third kappa shape index (κ3) is 7.16. The van der Waals surface area contributed by atoms with Gasteiger partial charge in [-0.1, -0.05) is 64.2 Å². The second-order valence-electron chi connectivity index (χ2n) is 10.5. The summed E-state index contributed by atoms with van der Waals surface area (Å²) in [5.74, 6) is 0.286. The molecule has 0 aromatic rings. The van der Waals surface area contributed by atoms with Crippen LogP contribution in [0.4, 0.5) is 0 Å². The molecule has 0 N–H and O–H groups in total. The van der Waals surface area contributed by atoms with Gasteiger partial charge in [-0.05, 0) is 87.6 Å². The summed E-state index contributed by atoms with van der Waals surface area (Å²) in [4.78, 5) is 17.4. The first-order valence-electron chi connectivity index (χ1n) is 13.9. The zero-order chi connectivity index (χ0) is 28.3. The molecule has 0 bridgehead atoms. The van der Waals surface area contributed by atoms with Gasteiger partial charge in [-0.15, -0.1) is 13.2 Å². The van der Waals surface area contributed by atoms with Crippen LogP contribution in [0.25, 0.3) is 0 Å². The lowest BCUT2D eigenvalue weighted by atomic mass is 9.83. The van der Waals surface area contributed by atoms with Crippen LogP contribution in [0.5, 0.6) is 0 Å². The first kappa shape index (κ1) is 30.9. The Morgan fingerprint density at radius 1 is 0.947 bits per heavy atom. The lowest BCUT2D eigenvalue weighted by Crippen LogP contribution is -2.24. The number of hydrogen-bond acceptors (Lipinski definition) is 3. The minimum Gasteiger partial charge on any atom is -0.344 e. The van der Waals surface area contributed by atoms with Crippen LogP contribution < -0.4 is 0 Å². The predicted molar refractivity (Wildman–Crippen MR) is 165 cm³/mol. The number of allylic oxidation sites excluding steroid dienone is 12. The molecule has 0 saturated heterocycles. The molecule has 0 radical (unpaired) electrons. The molecule has 0 saturated carbocycles. The molecule has 3 heteroatoms. The van der Waals surface area contributed by atoms with E-state index in [-0.39, 0.29) is 11.2 Å². The monoisotopic (exact) mass is 512 g/mol. The van der Waals surface area contributed by atoms with Gasteiger partial charge in [-0.25, -0.2) is 0 Å². The summed E-state index contributed by atoms with van der Waals surface area (Å²) in [5, 5.41) is 0. The van der Waals surface area contributed by atoms with Crippen molar-refractivity contribution in [2.24, 2.45) is 11.3 Å². The van der Waals surface area contributed by atoms with Crippen molar-refractivity contribution in [2.75, 3.05) is 13.1 Å². The summed E-state index contributed by atoms with van der Waals surface area (Å²) >= 11 is 0. The molecular weight excluding hydrogens is 464 g/mol. The van der Waals surface area contributed by atoms with Crippen molar-refractivity contribution in [3.63, 3.8) is 0 Å². The Kier molecular flexibility index (Phi) is 11.8. The van der Waals surface area contributed by atoms with E-state index in [4.69, 9.17) is 0 Å². The molecule has 0 aromatic heterocycles. The molecule has 2 aliphatic rings. The van der Waals surface area contributed by atoms with Gasteiger partial charge in [0.25, 0.3) is 0 Å². The number of carbonyl (C=O) groups excluding carboxylic acids is 1. The first-order valence-corrected chi connectivity index (χ1v) is 13.9. The van der Waals surface area contributed by atoms with Crippen molar-refractivity contribution < 1.29 is 4.79 Å². The predicted octanol–water partition coefficient (Wildman–Crippen LogP) is 8.97. The van der Waals surface area contributed by atoms with Gasteiger partial charge in [-0.2, -0.15) is 0 Å². The quantitative estimate of drug-likeness (QED) is 0.182. The zero-order valence-electron chi connectivity index (χ0n) is 24.8. The largest absolute Gasteiger partial charge is 0.344 e. The molecule has 2 heterocycles. The van der Waals surface area contributed by atoms with E-state index in [1.54, 1.807) is 12.2 Å². The van der Waals surface area contributed by atoms with Crippen molar-refractivity contribution in [3.05, 3.63) is 120 Å². The van der Waals surface area contributed by atoms with Crippen molar-refractivity contribution in [2.45, 2.75) is 67.7 Å². The van der Waals surface area contributed by atoms with Gasteiger partial charge in [-0.3, -0.25) is 4.79 Å². The summed E-state index contributed by atoms with van der Waals surface area (Å²) in [7, 11) is 0. The Morgan fingerprint density at radius 3 is 2.13 bits per heavy atom. The maximum absolute atomic E-state index is 12.7. The summed E-state index contributed by atoms with van der Waals surface area (Å²) in [6.45, 7) is 24.9. The second-order valence-corrected chi connectivity index (χ2v) is 10.5.